The molecule has 116 valence electrons. The van der Waals surface area contributed by atoms with Gasteiger partial charge in [0.05, 0.1) is 6.54 Å². The Hall–Kier alpha value is -1.40. The Morgan fingerprint density at radius 3 is 2.86 bits per heavy atom. The molecule has 1 aromatic rings. The first kappa shape index (κ1) is 14.5. The summed E-state index contributed by atoms with van der Waals surface area (Å²) in [7, 11) is 0. The van der Waals surface area contributed by atoms with Crippen LogP contribution in [0, 0.1) is 5.92 Å². The molecule has 0 saturated carbocycles. The number of amides is 1. The minimum atomic E-state index is 0.333. The van der Waals surface area contributed by atoms with Crippen LogP contribution in [0.4, 0.5) is 0 Å². The molecule has 3 heterocycles. The van der Waals surface area contributed by atoms with Gasteiger partial charge >= 0.3 is 0 Å². The van der Waals surface area contributed by atoms with Crippen molar-refractivity contribution in [2.75, 3.05) is 39.3 Å². The highest BCUT2D eigenvalue weighted by Crippen LogP contribution is 2.16. The van der Waals surface area contributed by atoms with Crippen LogP contribution in [-0.2, 0) is 11.3 Å². The number of hydrogen-bond donors (Lipinski definition) is 2. The molecule has 6 nitrogen and oxygen atoms in total. The number of rotatable bonds is 5. The highest BCUT2D eigenvalue weighted by atomic mass is 16.2. The van der Waals surface area contributed by atoms with Crippen molar-refractivity contribution in [2.45, 2.75) is 25.8 Å². The molecule has 3 rings (SSSR count). The van der Waals surface area contributed by atoms with Crippen molar-refractivity contribution in [1.82, 2.24) is 25.1 Å². The summed E-state index contributed by atoms with van der Waals surface area (Å²) in [6, 6.07) is 0. The third kappa shape index (κ3) is 4.04. The smallest absolute Gasteiger partial charge is 0.222 e. The summed E-state index contributed by atoms with van der Waals surface area (Å²) >= 11 is 0. The van der Waals surface area contributed by atoms with Gasteiger partial charge in [-0.3, -0.25) is 9.69 Å². The Labute approximate surface area is 125 Å². The van der Waals surface area contributed by atoms with Gasteiger partial charge in [-0.2, -0.15) is 0 Å². The molecule has 1 atom stereocenters. The van der Waals surface area contributed by atoms with Gasteiger partial charge in [-0.25, -0.2) is 4.98 Å². The lowest BCUT2D eigenvalue weighted by Crippen LogP contribution is -2.48. The van der Waals surface area contributed by atoms with E-state index in [0.717, 1.165) is 58.1 Å². The first-order valence-electron chi connectivity index (χ1n) is 8.00. The van der Waals surface area contributed by atoms with Gasteiger partial charge < -0.3 is 15.2 Å². The quantitative estimate of drug-likeness (QED) is 0.826. The zero-order chi connectivity index (χ0) is 14.5. The van der Waals surface area contributed by atoms with Crippen molar-refractivity contribution in [3.05, 3.63) is 18.2 Å². The molecule has 0 aromatic carbocycles. The van der Waals surface area contributed by atoms with E-state index in [1.807, 2.05) is 11.1 Å². The summed E-state index contributed by atoms with van der Waals surface area (Å²) < 4.78 is 0. The number of piperazine rings is 1. The van der Waals surface area contributed by atoms with Gasteiger partial charge in [-0.1, -0.05) is 0 Å². The molecule has 1 aromatic heterocycles. The summed E-state index contributed by atoms with van der Waals surface area (Å²) in [4.78, 5) is 24.0. The molecule has 0 spiro atoms. The van der Waals surface area contributed by atoms with E-state index in [-0.39, 0.29) is 0 Å². The Morgan fingerprint density at radius 2 is 2.19 bits per heavy atom. The fraction of sp³-hybridized carbons (Fsp3) is 0.733. The molecule has 2 saturated heterocycles. The second-order valence-electron chi connectivity index (χ2n) is 6.09. The molecular weight excluding hydrogens is 266 g/mol. The van der Waals surface area contributed by atoms with E-state index in [1.54, 1.807) is 6.20 Å². The van der Waals surface area contributed by atoms with E-state index >= 15 is 0 Å². The highest BCUT2D eigenvalue weighted by molar-refractivity contribution is 5.76. The van der Waals surface area contributed by atoms with Crippen molar-refractivity contribution in [3.8, 4) is 0 Å². The Kier molecular flexibility index (Phi) is 4.87. The molecule has 0 radical (unpaired) electrons. The lowest BCUT2D eigenvalue weighted by molar-refractivity contribution is -0.133. The topological polar surface area (TPSA) is 64.3 Å². The number of carbonyl (C=O) groups excluding carboxylic acids is 1. The Bertz CT molecular complexity index is 433. The molecule has 1 unspecified atom stereocenters. The lowest BCUT2D eigenvalue weighted by Gasteiger charge is -2.34. The maximum absolute atomic E-state index is 12.2. The van der Waals surface area contributed by atoms with Gasteiger partial charge in [0.2, 0.25) is 5.91 Å². The predicted molar refractivity (Wildman–Crippen MR) is 80.7 cm³/mol. The summed E-state index contributed by atoms with van der Waals surface area (Å²) in [6.07, 6.45) is 6.62. The van der Waals surface area contributed by atoms with Gasteiger partial charge in [0.25, 0.3) is 0 Å². The normalized spacial score (nSPS) is 23.6. The Balaban J connectivity index is 1.37. The van der Waals surface area contributed by atoms with Crippen molar-refractivity contribution < 1.29 is 4.79 Å². The van der Waals surface area contributed by atoms with Gasteiger partial charge in [-0.15, -0.1) is 0 Å². The van der Waals surface area contributed by atoms with Crippen molar-refractivity contribution in [3.63, 3.8) is 0 Å². The van der Waals surface area contributed by atoms with Crippen molar-refractivity contribution in [1.29, 1.82) is 0 Å². The standard InChI is InChI=1S/C15H25N5O/c21-15(2-1-13-3-4-16-11-13)20-9-7-19(8-10-20)12-14-17-5-6-18-14/h5-6,13,16H,1-4,7-12H2,(H,17,18). The summed E-state index contributed by atoms with van der Waals surface area (Å²) in [6.45, 7) is 6.64. The third-order valence-electron chi connectivity index (χ3n) is 4.58. The number of hydrogen-bond acceptors (Lipinski definition) is 4. The second kappa shape index (κ2) is 7.04. The first-order valence-corrected chi connectivity index (χ1v) is 8.00. The van der Waals surface area contributed by atoms with E-state index in [4.69, 9.17) is 0 Å². The van der Waals surface area contributed by atoms with Crippen LogP contribution in [-0.4, -0.2) is 64.9 Å². The number of nitrogens with zero attached hydrogens (tertiary/aromatic N) is 3. The number of imidazole rings is 1. The summed E-state index contributed by atoms with van der Waals surface area (Å²) in [5.74, 6) is 2.04. The van der Waals surface area contributed by atoms with E-state index < -0.39 is 0 Å². The van der Waals surface area contributed by atoms with Gasteiger partial charge in [0, 0.05) is 45.0 Å². The van der Waals surface area contributed by atoms with Crippen LogP contribution in [0.5, 0.6) is 0 Å². The summed E-state index contributed by atoms with van der Waals surface area (Å²) in [5.41, 5.74) is 0. The predicted octanol–water partition coefficient (Wildman–Crippen LogP) is 0.444. The number of aromatic nitrogens is 2. The van der Waals surface area contributed by atoms with Gasteiger partial charge in [0.1, 0.15) is 5.82 Å². The molecule has 2 N–H and O–H groups in total. The number of carbonyl (C=O) groups is 1. The summed E-state index contributed by atoms with van der Waals surface area (Å²) in [5, 5.41) is 3.36. The maximum Gasteiger partial charge on any atom is 0.222 e. The average Bonchev–Trinajstić information content (AvgIpc) is 3.19. The molecule has 0 aliphatic carbocycles. The Morgan fingerprint density at radius 1 is 1.33 bits per heavy atom. The average molecular weight is 291 g/mol. The monoisotopic (exact) mass is 291 g/mol. The van der Waals surface area contributed by atoms with Crippen LogP contribution in [0.2, 0.25) is 0 Å². The fourth-order valence-corrected chi connectivity index (χ4v) is 3.20. The molecular formula is C15H25N5O. The maximum atomic E-state index is 12.2. The van der Waals surface area contributed by atoms with Crippen molar-refractivity contribution in [2.24, 2.45) is 5.92 Å². The van der Waals surface area contributed by atoms with Crippen molar-refractivity contribution >= 4 is 5.91 Å². The van der Waals surface area contributed by atoms with Crippen LogP contribution in [0.25, 0.3) is 0 Å². The highest BCUT2D eigenvalue weighted by Gasteiger charge is 2.23. The number of aromatic amines is 1. The molecule has 6 heteroatoms. The lowest BCUT2D eigenvalue weighted by atomic mass is 10.0. The van der Waals surface area contributed by atoms with E-state index in [9.17, 15) is 4.79 Å². The third-order valence-corrected chi connectivity index (χ3v) is 4.58. The van der Waals surface area contributed by atoms with Crippen LogP contribution in [0.1, 0.15) is 25.1 Å². The van der Waals surface area contributed by atoms with Gasteiger partial charge in [-0.05, 0) is 31.8 Å². The molecule has 0 bridgehead atoms. The number of H-pyrrole nitrogens is 1. The number of nitrogens with one attached hydrogen (secondary N) is 2. The second-order valence-corrected chi connectivity index (χ2v) is 6.09. The minimum absolute atomic E-state index is 0.333. The van der Waals surface area contributed by atoms with E-state index in [2.05, 4.69) is 20.2 Å². The van der Waals surface area contributed by atoms with E-state index in [0.29, 0.717) is 18.2 Å². The minimum Gasteiger partial charge on any atom is -0.348 e. The van der Waals surface area contributed by atoms with Crippen LogP contribution in [0.15, 0.2) is 12.4 Å². The van der Waals surface area contributed by atoms with Crippen LogP contribution in [0.3, 0.4) is 0 Å². The van der Waals surface area contributed by atoms with E-state index in [1.165, 1.54) is 6.42 Å². The zero-order valence-electron chi connectivity index (χ0n) is 12.6. The van der Waals surface area contributed by atoms with Crippen LogP contribution >= 0.6 is 0 Å². The van der Waals surface area contributed by atoms with Gasteiger partial charge in [0.15, 0.2) is 0 Å². The molecule has 21 heavy (non-hydrogen) atoms. The fourth-order valence-electron chi connectivity index (χ4n) is 3.20. The molecule has 2 aliphatic heterocycles. The molecule has 1 amide bonds. The van der Waals surface area contributed by atoms with Crippen LogP contribution < -0.4 is 5.32 Å². The SMILES string of the molecule is O=C(CCC1CCNC1)N1CCN(Cc2ncc[nH]2)CC1. The zero-order valence-corrected chi connectivity index (χ0v) is 12.6. The molecule has 2 aliphatic rings. The molecule has 2 fully saturated rings. The largest absolute Gasteiger partial charge is 0.348 e. The first-order chi connectivity index (χ1) is 10.3.